The maximum Gasteiger partial charge on any atom is 0.337 e. The van der Waals surface area contributed by atoms with Crippen LogP contribution in [0.1, 0.15) is 16.1 Å². The zero-order valence-electron chi connectivity index (χ0n) is 13.7. The molecule has 0 saturated heterocycles. The van der Waals surface area contributed by atoms with Gasteiger partial charge in [0.15, 0.2) is 5.82 Å². The van der Waals surface area contributed by atoms with Crippen molar-refractivity contribution >= 4 is 21.9 Å². The highest BCUT2D eigenvalue weighted by Crippen LogP contribution is 2.25. The van der Waals surface area contributed by atoms with Gasteiger partial charge in [0.05, 0.1) is 12.7 Å². The van der Waals surface area contributed by atoms with Gasteiger partial charge >= 0.3 is 5.97 Å². The van der Waals surface area contributed by atoms with Crippen LogP contribution in [-0.2, 0) is 4.74 Å². The summed E-state index contributed by atoms with van der Waals surface area (Å²) in [6.07, 6.45) is 0. The molecule has 0 aliphatic rings. The quantitative estimate of drug-likeness (QED) is 0.591. The number of methoxy groups -OCH3 is 1. The average Bonchev–Trinajstić information content (AvgIpc) is 2.62. The van der Waals surface area contributed by atoms with Gasteiger partial charge in [-0.2, -0.15) is 4.98 Å². The van der Waals surface area contributed by atoms with Crippen molar-refractivity contribution in [1.82, 2.24) is 9.97 Å². The smallest absolute Gasteiger partial charge is 0.337 e. The van der Waals surface area contributed by atoms with Crippen molar-refractivity contribution in [2.45, 2.75) is 6.92 Å². The second-order valence-corrected chi connectivity index (χ2v) is 6.21. The van der Waals surface area contributed by atoms with Crippen molar-refractivity contribution in [3.05, 3.63) is 70.3 Å². The number of carbonyl (C=O) groups excluding carboxylic acids is 1. The number of esters is 1. The minimum absolute atomic E-state index is 0.387. The molecule has 0 amide bonds. The van der Waals surface area contributed by atoms with E-state index in [0.717, 1.165) is 15.7 Å². The van der Waals surface area contributed by atoms with Gasteiger partial charge in [-0.25, -0.2) is 9.78 Å². The summed E-state index contributed by atoms with van der Waals surface area (Å²) in [5.41, 5.74) is 2.16. The molecule has 25 heavy (non-hydrogen) atoms. The lowest BCUT2D eigenvalue weighted by Crippen LogP contribution is -2.00. The van der Waals surface area contributed by atoms with E-state index in [0.29, 0.717) is 23.0 Å². The van der Waals surface area contributed by atoms with Gasteiger partial charge in [-0.1, -0.05) is 28.1 Å². The van der Waals surface area contributed by atoms with Crippen molar-refractivity contribution in [3.63, 3.8) is 0 Å². The molecule has 3 aromatic rings. The lowest BCUT2D eigenvalue weighted by Gasteiger charge is -2.08. The van der Waals surface area contributed by atoms with Crippen LogP contribution in [0.4, 0.5) is 0 Å². The number of halogens is 1. The van der Waals surface area contributed by atoms with E-state index in [1.54, 1.807) is 30.3 Å². The molecule has 2 aromatic carbocycles. The van der Waals surface area contributed by atoms with Crippen LogP contribution in [0, 0.1) is 6.92 Å². The molecule has 0 bridgehead atoms. The number of carbonyl (C=O) groups is 1. The van der Waals surface area contributed by atoms with Crippen LogP contribution in [-0.4, -0.2) is 23.0 Å². The number of aryl methyl sites for hydroxylation is 1. The van der Waals surface area contributed by atoms with Crippen LogP contribution in [0.5, 0.6) is 11.6 Å². The van der Waals surface area contributed by atoms with Crippen molar-refractivity contribution in [2.75, 3.05) is 7.11 Å². The highest BCUT2D eigenvalue weighted by molar-refractivity contribution is 9.10. The molecule has 0 unspecified atom stereocenters. The molecule has 0 saturated carbocycles. The van der Waals surface area contributed by atoms with Crippen LogP contribution >= 0.6 is 15.9 Å². The normalized spacial score (nSPS) is 10.4. The molecular weight excluding hydrogens is 384 g/mol. The Bertz CT molecular complexity index is 894. The summed E-state index contributed by atoms with van der Waals surface area (Å²) in [5.74, 6) is 1.22. The Hall–Kier alpha value is -2.73. The number of ether oxygens (including phenoxy) is 2. The van der Waals surface area contributed by atoms with Crippen molar-refractivity contribution in [3.8, 4) is 23.0 Å². The minimum atomic E-state index is -0.387. The molecule has 0 radical (unpaired) electrons. The fourth-order valence-corrected chi connectivity index (χ4v) is 2.48. The first-order valence-corrected chi connectivity index (χ1v) is 8.32. The number of aromatic nitrogens is 2. The fraction of sp³-hybridized carbons (Fsp3) is 0.105. The first kappa shape index (κ1) is 17.1. The minimum Gasteiger partial charge on any atom is -0.465 e. The Morgan fingerprint density at radius 1 is 1.00 bits per heavy atom. The van der Waals surface area contributed by atoms with Gasteiger partial charge in [-0.15, -0.1) is 0 Å². The molecule has 1 heterocycles. The maximum absolute atomic E-state index is 11.5. The second kappa shape index (κ2) is 7.44. The van der Waals surface area contributed by atoms with Gasteiger partial charge in [0.2, 0.25) is 5.88 Å². The van der Waals surface area contributed by atoms with E-state index in [9.17, 15) is 4.79 Å². The van der Waals surface area contributed by atoms with Crippen LogP contribution < -0.4 is 4.74 Å². The molecule has 6 heteroatoms. The van der Waals surface area contributed by atoms with E-state index in [4.69, 9.17) is 4.74 Å². The largest absolute Gasteiger partial charge is 0.465 e. The standard InChI is InChI=1S/C19H15BrN2O3/c1-12-11-17(22-18(21-12)13-3-7-15(20)8-4-13)25-16-9-5-14(6-10-16)19(23)24-2/h3-11H,1-2H3. The van der Waals surface area contributed by atoms with Crippen LogP contribution in [0.2, 0.25) is 0 Å². The molecule has 0 N–H and O–H groups in total. The summed E-state index contributed by atoms with van der Waals surface area (Å²) < 4.78 is 11.5. The summed E-state index contributed by atoms with van der Waals surface area (Å²) in [5, 5.41) is 0. The Balaban J connectivity index is 1.85. The number of nitrogens with zero attached hydrogens (tertiary/aromatic N) is 2. The predicted molar refractivity (Wildman–Crippen MR) is 97.8 cm³/mol. The van der Waals surface area contributed by atoms with E-state index in [1.807, 2.05) is 31.2 Å². The van der Waals surface area contributed by atoms with E-state index in [1.165, 1.54) is 7.11 Å². The zero-order valence-corrected chi connectivity index (χ0v) is 15.3. The number of hydrogen-bond donors (Lipinski definition) is 0. The van der Waals surface area contributed by atoms with Crippen molar-refractivity contribution < 1.29 is 14.3 Å². The third-order valence-corrected chi connectivity index (χ3v) is 3.96. The van der Waals surface area contributed by atoms with E-state index >= 15 is 0 Å². The van der Waals surface area contributed by atoms with E-state index in [-0.39, 0.29) is 5.97 Å². The van der Waals surface area contributed by atoms with Gasteiger partial charge in [0.25, 0.3) is 0 Å². The van der Waals surface area contributed by atoms with Crippen LogP contribution in [0.25, 0.3) is 11.4 Å². The SMILES string of the molecule is COC(=O)c1ccc(Oc2cc(C)nc(-c3ccc(Br)cc3)n2)cc1. The molecule has 0 aliphatic heterocycles. The van der Waals surface area contributed by atoms with Crippen LogP contribution in [0.3, 0.4) is 0 Å². The summed E-state index contributed by atoms with van der Waals surface area (Å²) in [4.78, 5) is 20.4. The number of hydrogen-bond acceptors (Lipinski definition) is 5. The molecule has 3 rings (SSSR count). The van der Waals surface area contributed by atoms with Crippen molar-refractivity contribution in [1.29, 1.82) is 0 Å². The van der Waals surface area contributed by atoms with Gasteiger partial charge in [-0.05, 0) is 43.3 Å². The fourth-order valence-electron chi connectivity index (χ4n) is 2.22. The molecule has 126 valence electrons. The molecule has 0 atom stereocenters. The van der Waals surface area contributed by atoms with Crippen molar-refractivity contribution in [2.24, 2.45) is 0 Å². The summed E-state index contributed by atoms with van der Waals surface area (Å²) in [6, 6.07) is 16.2. The molecular formula is C19H15BrN2O3. The maximum atomic E-state index is 11.5. The molecule has 5 nitrogen and oxygen atoms in total. The molecule has 0 spiro atoms. The first-order valence-electron chi connectivity index (χ1n) is 7.53. The topological polar surface area (TPSA) is 61.3 Å². The Labute approximate surface area is 153 Å². The Morgan fingerprint density at radius 2 is 1.68 bits per heavy atom. The third kappa shape index (κ3) is 4.22. The highest BCUT2D eigenvalue weighted by Gasteiger charge is 2.09. The lowest BCUT2D eigenvalue weighted by molar-refractivity contribution is 0.0600. The average molecular weight is 399 g/mol. The Kier molecular flexibility index (Phi) is 5.09. The zero-order chi connectivity index (χ0) is 17.8. The van der Waals surface area contributed by atoms with Gasteiger partial charge < -0.3 is 9.47 Å². The molecule has 0 aliphatic carbocycles. The van der Waals surface area contributed by atoms with Crippen LogP contribution in [0.15, 0.2) is 59.1 Å². The number of benzene rings is 2. The first-order chi connectivity index (χ1) is 12.0. The predicted octanol–water partition coefficient (Wildman–Crippen LogP) is 4.79. The summed E-state index contributed by atoms with van der Waals surface area (Å²) >= 11 is 3.41. The lowest BCUT2D eigenvalue weighted by atomic mass is 10.2. The van der Waals surface area contributed by atoms with E-state index in [2.05, 4.69) is 30.6 Å². The number of rotatable bonds is 4. The highest BCUT2D eigenvalue weighted by atomic mass is 79.9. The summed E-state index contributed by atoms with van der Waals surface area (Å²) in [7, 11) is 1.35. The second-order valence-electron chi connectivity index (χ2n) is 5.30. The summed E-state index contributed by atoms with van der Waals surface area (Å²) in [6.45, 7) is 1.89. The van der Waals surface area contributed by atoms with Gasteiger partial charge in [0, 0.05) is 21.8 Å². The monoisotopic (exact) mass is 398 g/mol. The molecule has 1 aromatic heterocycles. The molecule has 0 fully saturated rings. The Morgan fingerprint density at radius 3 is 2.32 bits per heavy atom. The third-order valence-electron chi connectivity index (χ3n) is 3.43. The van der Waals surface area contributed by atoms with Gasteiger partial charge in [-0.3, -0.25) is 0 Å². The van der Waals surface area contributed by atoms with Gasteiger partial charge in [0.1, 0.15) is 5.75 Å². The van der Waals surface area contributed by atoms with E-state index < -0.39 is 0 Å².